The predicted molar refractivity (Wildman–Crippen MR) is 383 cm³/mol. The first-order valence-electron chi connectivity index (χ1n) is 38.0. The van der Waals surface area contributed by atoms with Crippen LogP contribution in [0.4, 0.5) is 0 Å². The van der Waals surface area contributed by atoms with Gasteiger partial charge in [-0.05, 0) is 83.5 Å². The topological polar surface area (TPSA) is 228 Å². The number of carbonyl (C=O) groups excluding carboxylic acids is 1. The van der Waals surface area contributed by atoms with Gasteiger partial charge in [0.1, 0.15) is 48.8 Å². The fourth-order valence-corrected chi connectivity index (χ4v) is 12.0. The third-order valence-electron chi connectivity index (χ3n) is 18.0. The zero-order chi connectivity index (χ0) is 67.3. The smallest absolute Gasteiger partial charge is 0.220 e. The molecule has 12 unspecified atom stereocenters. The van der Waals surface area contributed by atoms with E-state index in [0.717, 1.165) is 70.6 Å². The maximum Gasteiger partial charge on any atom is 0.220 e. The van der Waals surface area contributed by atoms with Crippen molar-refractivity contribution in [2.24, 2.45) is 0 Å². The highest BCUT2D eigenvalue weighted by Gasteiger charge is 2.51. The Balaban J connectivity index is 1.62. The third-order valence-corrected chi connectivity index (χ3v) is 18.0. The zero-order valence-corrected chi connectivity index (χ0v) is 58.7. The Morgan fingerprint density at radius 1 is 0.398 bits per heavy atom. The zero-order valence-electron chi connectivity index (χ0n) is 58.7. The van der Waals surface area contributed by atoms with Gasteiger partial charge in [0.05, 0.1) is 32.0 Å². The predicted octanol–water partition coefficient (Wildman–Crippen LogP) is 16.5. The van der Waals surface area contributed by atoms with Gasteiger partial charge in [-0.2, -0.15) is 0 Å². The molecule has 0 radical (unpaired) electrons. The molecular weight excluding hydrogens is 1170 g/mol. The number of carbonyl (C=O) groups is 1. The molecule has 2 heterocycles. The van der Waals surface area contributed by atoms with E-state index in [1.165, 1.54) is 199 Å². The Kier molecular flexibility index (Phi) is 57.7. The first-order valence-corrected chi connectivity index (χ1v) is 38.0. The highest BCUT2D eigenvalue weighted by Crippen LogP contribution is 2.30. The molecule has 0 aliphatic carbocycles. The lowest BCUT2D eigenvalue weighted by Crippen LogP contribution is -2.65. The van der Waals surface area contributed by atoms with Crippen LogP contribution >= 0.6 is 0 Å². The number of allylic oxidation sites excluding steroid dienone is 15. The molecule has 0 aromatic rings. The van der Waals surface area contributed by atoms with Crippen molar-refractivity contribution in [3.8, 4) is 0 Å². The minimum absolute atomic E-state index is 0.247. The summed E-state index contributed by atoms with van der Waals surface area (Å²) in [7, 11) is 0. The molecular formula is C79H139NO13. The summed E-state index contributed by atoms with van der Waals surface area (Å²) < 4.78 is 22.9. The monoisotopic (exact) mass is 1310 g/mol. The minimum Gasteiger partial charge on any atom is -0.394 e. The lowest BCUT2D eigenvalue weighted by atomic mass is 9.97. The molecule has 0 aromatic carbocycles. The van der Waals surface area contributed by atoms with Crippen molar-refractivity contribution in [3.63, 3.8) is 0 Å². The van der Waals surface area contributed by atoms with E-state index >= 15 is 0 Å². The molecule has 0 saturated carbocycles. The molecule has 1 amide bonds. The Labute approximate surface area is 566 Å². The molecule has 14 nitrogen and oxygen atoms in total. The summed E-state index contributed by atoms with van der Waals surface area (Å²) >= 11 is 0. The summed E-state index contributed by atoms with van der Waals surface area (Å²) in [5, 5.41) is 87.5. The van der Waals surface area contributed by atoms with Crippen LogP contribution in [0.15, 0.2) is 97.2 Å². The van der Waals surface area contributed by atoms with E-state index in [9.17, 15) is 45.6 Å². The van der Waals surface area contributed by atoms with Gasteiger partial charge in [0, 0.05) is 6.42 Å². The van der Waals surface area contributed by atoms with Crippen LogP contribution in [0.5, 0.6) is 0 Å². The summed E-state index contributed by atoms with van der Waals surface area (Å²) in [5.74, 6) is -0.247. The van der Waals surface area contributed by atoms with E-state index in [0.29, 0.717) is 12.8 Å². The van der Waals surface area contributed by atoms with E-state index in [-0.39, 0.29) is 18.9 Å². The molecule has 9 N–H and O–H groups in total. The molecule has 14 heteroatoms. The van der Waals surface area contributed by atoms with Crippen molar-refractivity contribution in [1.82, 2.24) is 5.32 Å². The Bertz CT molecular complexity index is 1930. The van der Waals surface area contributed by atoms with E-state index in [1.54, 1.807) is 6.08 Å². The van der Waals surface area contributed by atoms with Crippen molar-refractivity contribution in [2.45, 2.75) is 376 Å². The summed E-state index contributed by atoms with van der Waals surface area (Å²) in [5.41, 5.74) is 0. The normalized spacial score (nSPS) is 23.1. The molecule has 2 saturated heterocycles. The van der Waals surface area contributed by atoms with E-state index in [2.05, 4.69) is 104 Å². The first-order chi connectivity index (χ1) is 45.6. The molecule has 2 fully saturated rings. The second-order valence-corrected chi connectivity index (χ2v) is 26.4. The van der Waals surface area contributed by atoms with E-state index < -0.39 is 86.8 Å². The fourth-order valence-electron chi connectivity index (χ4n) is 12.0. The Morgan fingerprint density at radius 3 is 1.18 bits per heavy atom. The summed E-state index contributed by atoms with van der Waals surface area (Å²) in [6.07, 6.45) is 71.9. The van der Waals surface area contributed by atoms with Crippen LogP contribution in [0.1, 0.15) is 303 Å². The highest BCUT2D eigenvalue weighted by molar-refractivity contribution is 5.76. The number of ether oxygens (including phenoxy) is 4. The molecule has 0 aromatic heterocycles. The number of hydrogen-bond acceptors (Lipinski definition) is 13. The van der Waals surface area contributed by atoms with Gasteiger partial charge in [-0.15, -0.1) is 0 Å². The summed E-state index contributed by atoms with van der Waals surface area (Å²) in [6.45, 7) is 2.70. The molecule has 2 aliphatic heterocycles. The van der Waals surface area contributed by atoms with Gasteiger partial charge in [0.25, 0.3) is 0 Å². The van der Waals surface area contributed by atoms with Gasteiger partial charge in [-0.25, -0.2) is 0 Å². The maximum absolute atomic E-state index is 13.4. The molecule has 93 heavy (non-hydrogen) atoms. The minimum atomic E-state index is -1.79. The van der Waals surface area contributed by atoms with Gasteiger partial charge in [0.15, 0.2) is 12.6 Å². The van der Waals surface area contributed by atoms with Crippen LogP contribution in [-0.2, 0) is 23.7 Å². The third kappa shape index (κ3) is 45.9. The quantitative estimate of drug-likeness (QED) is 0.0204. The number of aliphatic hydroxyl groups is 8. The van der Waals surface area contributed by atoms with Crippen molar-refractivity contribution in [3.05, 3.63) is 97.2 Å². The number of rotatable bonds is 62. The van der Waals surface area contributed by atoms with E-state index in [1.807, 2.05) is 6.08 Å². The van der Waals surface area contributed by atoms with Gasteiger partial charge >= 0.3 is 0 Å². The largest absolute Gasteiger partial charge is 0.394 e. The van der Waals surface area contributed by atoms with Gasteiger partial charge in [-0.3, -0.25) is 4.79 Å². The standard InChI is InChI=1S/C79H139NO13/c1-3-5-7-9-11-13-15-17-19-21-23-25-27-28-29-30-31-32-33-34-35-36-37-38-39-40-41-43-45-47-49-51-53-55-57-59-61-63-71(84)80-67(66-90-78-76(89)74(87)77(70(65-82)92-78)93-79-75(88)73(86)72(85)69(64-81)91-79)68(83)62-60-58-56-54-52-50-48-46-44-42-26-24-22-20-18-16-14-12-10-8-6-4-2/h5,7,11,13,17,19,23,25,28-29,31-32,52,54,60,62,67-70,72-79,81-83,85-89H,3-4,6,8-10,12,14-16,18,20-22,24,26-27,30,33-51,53,55-59,61,63-66H2,1-2H3,(H,80,84)/b7-5-,13-11-,19-17-,25-23-,29-28-,32-31-,54-52+,62-60+. The fraction of sp³-hybridized carbons (Fsp3) is 0.785. The van der Waals surface area contributed by atoms with Crippen LogP contribution in [0, 0.1) is 0 Å². The van der Waals surface area contributed by atoms with Gasteiger partial charge in [-0.1, -0.05) is 310 Å². The molecule has 2 rings (SSSR count). The molecule has 12 atom stereocenters. The number of nitrogens with one attached hydrogen (secondary N) is 1. The molecule has 0 bridgehead atoms. The Morgan fingerprint density at radius 2 is 0.753 bits per heavy atom. The first kappa shape index (κ1) is 86.0. The van der Waals surface area contributed by atoms with Crippen LogP contribution in [0.25, 0.3) is 0 Å². The van der Waals surface area contributed by atoms with Crippen molar-refractivity contribution in [2.75, 3.05) is 19.8 Å². The second kappa shape index (κ2) is 62.4. The van der Waals surface area contributed by atoms with Crippen molar-refractivity contribution >= 4 is 5.91 Å². The van der Waals surface area contributed by atoms with Crippen LogP contribution in [-0.4, -0.2) is 140 Å². The second-order valence-electron chi connectivity index (χ2n) is 26.4. The lowest BCUT2D eigenvalue weighted by Gasteiger charge is -2.46. The average Bonchev–Trinajstić information content (AvgIpc) is 0.852. The average molecular weight is 1310 g/mol. The SMILES string of the molecule is CC/C=C\C/C=C\C/C=C\C/C=C\C/C=C\C/C=C\CCCCCCCCCCCCCCCCCCCCC(=O)NC(COC1OC(CO)C(OC2OC(CO)C(O)C(O)C2O)C(O)C1O)C(O)/C=C/CC/C=C/CCCCCCCCCCCCCCCCCC. The van der Waals surface area contributed by atoms with Crippen molar-refractivity contribution in [1.29, 1.82) is 0 Å². The number of unbranched alkanes of at least 4 members (excludes halogenated alkanes) is 35. The number of aliphatic hydroxyl groups excluding tert-OH is 8. The highest BCUT2D eigenvalue weighted by atomic mass is 16.7. The molecule has 2 aliphatic rings. The van der Waals surface area contributed by atoms with Crippen LogP contribution in [0.2, 0.25) is 0 Å². The van der Waals surface area contributed by atoms with Crippen LogP contribution < -0.4 is 5.32 Å². The van der Waals surface area contributed by atoms with Crippen molar-refractivity contribution < 1.29 is 64.6 Å². The maximum atomic E-state index is 13.4. The molecule has 0 spiro atoms. The lowest BCUT2D eigenvalue weighted by molar-refractivity contribution is -0.359. The van der Waals surface area contributed by atoms with Crippen LogP contribution in [0.3, 0.4) is 0 Å². The summed E-state index contributed by atoms with van der Waals surface area (Å²) in [6, 6.07) is -0.936. The Hall–Kier alpha value is -3.09. The number of hydrogen-bond donors (Lipinski definition) is 9. The summed E-state index contributed by atoms with van der Waals surface area (Å²) in [4.78, 5) is 13.4. The number of amides is 1. The van der Waals surface area contributed by atoms with E-state index in [4.69, 9.17) is 18.9 Å². The van der Waals surface area contributed by atoms with Gasteiger partial charge in [0.2, 0.25) is 5.91 Å². The van der Waals surface area contributed by atoms with Gasteiger partial charge < -0.3 is 65.1 Å². The molecule has 538 valence electrons.